The molecule has 2 rings (SSSR count). The summed E-state index contributed by atoms with van der Waals surface area (Å²) in [5, 5.41) is 0. The molecule has 5 nitrogen and oxygen atoms in total. The summed E-state index contributed by atoms with van der Waals surface area (Å²) in [4.78, 5) is 0. The molecule has 1 aliphatic carbocycles. The molecule has 0 aromatic rings. The van der Waals surface area contributed by atoms with E-state index in [1.165, 1.54) is 4.31 Å². The average molecular weight is 219 g/mol. The molecular formula is C8H17N3O2S. The summed E-state index contributed by atoms with van der Waals surface area (Å²) in [6.07, 6.45) is 1.93. The fraction of sp³-hybridized carbons (Fsp3) is 1.00. The number of nitrogens with one attached hydrogen (secondary N) is 1. The van der Waals surface area contributed by atoms with Crippen LogP contribution in [0.2, 0.25) is 0 Å². The Morgan fingerprint density at radius 3 is 2.43 bits per heavy atom. The third kappa shape index (κ3) is 2.08. The molecule has 0 aromatic carbocycles. The first-order chi connectivity index (χ1) is 6.49. The van der Waals surface area contributed by atoms with Crippen LogP contribution >= 0.6 is 0 Å². The zero-order valence-electron chi connectivity index (χ0n) is 8.31. The lowest BCUT2D eigenvalue weighted by atomic mass is 10.1. The van der Waals surface area contributed by atoms with Crippen LogP contribution in [-0.4, -0.2) is 37.9 Å². The molecule has 0 radical (unpaired) electrons. The zero-order chi connectivity index (χ0) is 10.3. The number of hydrogen-bond acceptors (Lipinski definition) is 3. The molecule has 82 valence electrons. The van der Waals surface area contributed by atoms with E-state index in [4.69, 9.17) is 5.73 Å². The molecule has 14 heavy (non-hydrogen) atoms. The highest BCUT2D eigenvalue weighted by Gasteiger charge is 2.37. The Bertz CT molecular complexity index is 303. The Morgan fingerprint density at radius 1 is 1.36 bits per heavy atom. The van der Waals surface area contributed by atoms with Crippen molar-refractivity contribution >= 4 is 10.2 Å². The Hall–Kier alpha value is -0.170. The van der Waals surface area contributed by atoms with Crippen LogP contribution in [0.5, 0.6) is 0 Å². The third-order valence-electron chi connectivity index (χ3n) is 2.87. The molecule has 2 atom stereocenters. The van der Waals surface area contributed by atoms with Crippen molar-refractivity contribution < 1.29 is 8.42 Å². The predicted octanol–water partition coefficient (Wildman–Crippen LogP) is -0.738. The van der Waals surface area contributed by atoms with Gasteiger partial charge in [0.15, 0.2) is 0 Å². The van der Waals surface area contributed by atoms with Crippen LogP contribution in [0, 0.1) is 5.92 Å². The van der Waals surface area contributed by atoms with Gasteiger partial charge in [-0.2, -0.15) is 17.4 Å². The van der Waals surface area contributed by atoms with Gasteiger partial charge in [-0.1, -0.05) is 6.92 Å². The Morgan fingerprint density at radius 2 is 2.00 bits per heavy atom. The van der Waals surface area contributed by atoms with Crippen LogP contribution in [0.15, 0.2) is 0 Å². The lowest BCUT2D eigenvalue weighted by Crippen LogP contribution is -2.41. The van der Waals surface area contributed by atoms with E-state index in [0.717, 1.165) is 12.8 Å². The van der Waals surface area contributed by atoms with Crippen molar-refractivity contribution in [2.75, 3.05) is 13.1 Å². The van der Waals surface area contributed by atoms with Crippen molar-refractivity contribution in [1.82, 2.24) is 9.03 Å². The van der Waals surface area contributed by atoms with E-state index in [1.54, 1.807) is 0 Å². The van der Waals surface area contributed by atoms with Gasteiger partial charge < -0.3 is 5.73 Å². The summed E-state index contributed by atoms with van der Waals surface area (Å²) in [5.41, 5.74) is 5.78. The van der Waals surface area contributed by atoms with Crippen molar-refractivity contribution in [3.63, 3.8) is 0 Å². The quantitative estimate of drug-likeness (QED) is 0.656. The van der Waals surface area contributed by atoms with Crippen molar-refractivity contribution in [1.29, 1.82) is 0 Å². The van der Waals surface area contributed by atoms with E-state index < -0.39 is 10.2 Å². The molecule has 6 heteroatoms. The van der Waals surface area contributed by atoms with Crippen molar-refractivity contribution in [3.8, 4) is 0 Å². The minimum atomic E-state index is -3.26. The van der Waals surface area contributed by atoms with Gasteiger partial charge in [-0.3, -0.25) is 0 Å². The van der Waals surface area contributed by atoms with Gasteiger partial charge in [0, 0.05) is 25.2 Å². The first-order valence-corrected chi connectivity index (χ1v) is 6.46. The molecule has 0 amide bonds. The van der Waals surface area contributed by atoms with Crippen LogP contribution in [0.3, 0.4) is 0 Å². The van der Waals surface area contributed by atoms with E-state index in [1.807, 2.05) is 6.92 Å². The molecule has 1 saturated carbocycles. The molecule has 1 heterocycles. The SMILES string of the molecule is CC1CN(S(=O)(=O)NC2CC2)CC1N. The van der Waals surface area contributed by atoms with Gasteiger partial charge in [0.2, 0.25) is 0 Å². The van der Waals surface area contributed by atoms with Gasteiger partial charge in [-0.25, -0.2) is 0 Å². The normalized spacial score (nSPS) is 35.0. The van der Waals surface area contributed by atoms with Crippen molar-refractivity contribution in [3.05, 3.63) is 0 Å². The highest BCUT2D eigenvalue weighted by Crippen LogP contribution is 2.23. The first-order valence-electron chi connectivity index (χ1n) is 5.02. The number of nitrogens with two attached hydrogens (primary N) is 1. The summed E-state index contributed by atoms with van der Waals surface area (Å²) >= 11 is 0. The fourth-order valence-electron chi connectivity index (χ4n) is 1.63. The van der Waals surface area contributed by atoms with Gasteiger partial charge in [-0.05, 0) is 18.8 Å². The van der Waals surface area contributed by atoms with E-state index in [2.05, 4.69) is 4.72 Å². The number of hydrogen-bond donors (Lipinski definition) is 2. The molecule has 0 spiro atoms. The van der Waals surface area contributed by atoms with Gasteiger partial charge in [0.25, 0.3) is 10.2 Å². The van der Waals surface area contributed by atoms with Crippen LogP contribution in [-0.2, 0) is 10.2 Å². The molecule has 1 aliphatic heterocycles. The van der Waals surface area contributed by atoms with Gasteiger partial charge in [-0.15, -0.1) is 0 Å². The number of rotatable bonds is 3. The summed E-state index contributed by atoms with van der Waals surface area (Å²) < 4.78 is 27.6. The summed E-state index contributed by atoms with van der Waals surface area (Å²) in [6, 6.07) is 0.151. The minimum absolute atomic E-state index is 0.0224. The molecule has 2 unspecified atom stereocenters. The summed E-state index contributed by atoms with van der Waals surface area (Å²) in [5.74, 6) is 0.255. The Kier molecular flexibility index (Phi) is 2.55. The standard InChI is InChI=1S/C8H17N3O2S/c1-6-4-11(5-8(6)9)14(12,13)10-7-2-3-7/h6-8,10H,2-5,9H2,1H3. The molecule has 2 aliphatic rings. The molecule has 1 saturated heterocycles. The van der Waals surface area contributed by atoms with E-state index in [9.17, 15) is 8.42 Å². The smallest absolute Gasteiger partial charge is 0.279 e. The Labute approximate surface area is 84.8 Å². The van der Waals surface area contributed by atoms with Crippen LogP contribution < -0.4 is 10.5 Å². The van der Waals surface area contributed by atoms with Gasteiger partial charge in [0.05, 0.1) is 0 Å². The second-order valence-electron chi connectivity index (χ2n) is 4.36. The van der Waals surface area contributed by atoms with Crippen molar-refractivity contribution in [2.45, 2.75) is 31.8 Å². The maximum absolute atomic E-state index is 11.7. The second kappa shape index (κ2) is 3.44. The minimum Gasteiger partial charge on any atom is -0.326 e. The number of nitrogens with zero attached hydrogens (tertiary/aromatic N) is 1. The average Bonchev–Trinajstić information content (AvgIpc) is 2.79. The maximum atomic E-state index is 11.7. The first kappa shape index (κ1) is 10.4. The van der Waals surface area contributed by atoms with Gasteiger partial charge in [0.1, 0.15) is 0 Å². The van der Waals surface area contributed by atoms with Crippen molar-refractivity contribution in [2.24, 2.45) is 11.7 Å². The van der Waals surface area contributed by atoms with Crippen LogP contribution in [0.25, 0.3) is 0 Å². The monoisotopic (exact) mass is 219 g/mol. The molecule has 3 N–H and O–H groups in total. The topological polar surface area (TPSA) is 75.4 Å². The van der Waals surface area contributed by atoms with E-state index >= 15 is 0 Å². The second-order valence-corrected chi connectivity index (χ2v) is 6.06. The lowest BCUT2D eigenvalue weighted by molar-refractivity contribution is 0.452. The van der Waals surface area contributed by atoms with E-state index in [-0.39, 0.29) is 18.0 Å². The van der Waals surface area contributed by atoms with Crippen LogP contribution in [0.1, 0.15) is 19.8 Å². The molecule has 2 fully saturated rings. The molecular weight excluding hydrogens is 202 g/mol. The lowest BCUT2D eigenvalue weighted by Gasteiger charge is -2.16. The third-order valence-corrected chi connectivity index (χ3v) is 4.48. The van der Waals surface area contributed by atoms with Gasteiger partial charge >= 0.3 is 0 Å². The van der Waals surface area contributed by atoms with E-state index in [0.29, 0.717) is 13.1 Å². The molecule has 0 bridgehead atoms. The summed E-state index contributed by atoms with van der Waals surface area (Å²) in [6.45, 7) is 2.98. The fourth-order valence-corrected chi connectivity index (χ4v) is 3.23. The molecule has 0 aromatic heterocycles. The van der Waals surface area contributed by atoms with Crippen LogP contribution in [0.4, 0.5) is 0 Å². The highest BCUT2D eigenvalue weighted by molar-refractivity contribution is 7.87. The maximum Gasteiger partial charge on any atom is 0.279 e. The summed E-state index contributed by atoms with van der Waals surface area (Å²) in [7, 11) is -3.26. The zero-order valence-corrected chi connectivity index (χ0v) is 9.13. The largest absolute Gasteiger partial charge is 0.326 e. The Balaban J connectivity index is 2.00. The highest BCUT2D eigenvalue weighted by atomic mass is 32.2. The predicted molar refractivity (Wildman–Crippen MR) is 53.8 cm³/mol.